The van der Waals surface area contributed by atoms with Gasteiger partial charge in [-0.2, -0.15) is 0 Å². The molecule has 0 N–H and O–H groups in total. The van der Waals surface area contributed by atoms with Crippen LogP contribution in [0.2, 0.25) is 0 Å². The molecule has 6 heteroatoms. The van der Waals surface area contributed by atoms with Crippen molar-refractivity contribution < 1.29 is 4.79 Å². The molecule has 1 aromatic heterocycles. The normalized spacial score (nSPS) is 19.6. The number of hydrogen-bond acceptors (Lipinski definition) is 5. The first-order chi connectivity index (χ1) is 11.3. The van der Waals surface area contributed by atoms with Gasteiger partial charge in [0.15, 0.2) is 11.6 Å². The van der Waals surface area contributed by atoms with Crippen LogP contribution in [-0.2, 0) is 4.79 Å². The molecule has 126 valence electrons. The monoisotopic (exact) mass is 317 g/mol. The van der Waals surface area contributed by atoms with Crippen molar-refractivity contribution in [2.75, 3.05) is 49.1 Å². The van der Waals surface area contributed by atoms with Crippen LogP contribution >= 0.6 is 0 Å². The van der Waals surface area contributed by atoms with Crippen LogP contribution in [0.5, 0.6) is 0 Å². The third-order valence-electron chi connectivity index (χ3n) is 4.83. The molecule has 0 bridgehead atoms. The van der Waals surface area contributed by atoms with Gasteiger partial charge in [0.25, 0.3) is 0 Å². The third-order valence-corrected chi connectivity index (χ3v) is 4.83. The highest BCUT2D eigenvalue weighted by atomic mass is 16.2. The second-order valence-corrected chi connectivity index (χ2v) is 6.37. The molecular formula is C17H27N5O. The molecule has 0 aliphatic carbocycles. The van der Waals surface area contributed by atoms with Gasteiger partial charge >= 0.3 is 0 Å². The molecule has 0 radical (unpaired) electrons. The van der Waals surface area contributed by atoms with Gasteiger partial charge in [-0.1, -0.05) is 19.8 Å². The Kier molecular flexibility index (Phi) is 5.31. The zero-order valence-corrected chi connectivity index (χ0v) is 14.1. The number of nitrogens with zero attached hydrogens (tertiary/aromatic N) is 5. The van der Waals surface area contributed by atoms with Crippen molar-refractivity contribution in [3.63, 3.8) is 0 Å². The van der Waals surface area contributed by atoms with E-state index < -0.39 is 0 Å². The molecule has 2 saturated heterocycles. The Hall–Kier alpha value is -1.85. The second-order valence-electron chi connectivity index (χ2n) is 6.37. The molecule has 3 rings (SSSR count). The zero-order valence-electron chi connectivity index (χ0n) is 14.1. The maximum Gasteiger partial charge on any atom is 0.222 e. The van der Waals surface area contributed by atoms with E-state index in [2.05, 4.69) is 32.1 Å². The minimum Gasteiger partial charge on any atom is -0.355 e. The highest BCUT2D eigenvalue weighted by Crippen LogP contribution is 2.19. The summed E-state index contributed by atoms with van der Waals surface area (Å²) in [5.74, 6) is 2.16. The summed E-state index contributed by atoms with van der Waals surface area (Å²) in [6.45, 7) is 7.33. The van der Waals surface area contributed by atoms with Crippen molar-refractivity contribution >= 4 is 17.5 Å². The lowest BCUT2D eigenvalue weighted by molar-refractivity contribution is -0.131. The Labute approximate surface area is 138 Å². The predicted molar refractivity (Wildman–Crippen MR) is 91.8 cm³/mol. The predicted octanol–water partition coefficient (Wildman–Crippen LogP) is 1.92. The number of aromatic nitrogens is 2. The maximum absolute atomic E-state index is 11.7. The average molecular weight is 317 g/mol. The van der Waals surface area contributed by atoms with E-state index in [4.69, 9.17) is 0 Å². The molecule has 0 atom stereocenters. The van der Waals surface area contributed by atoms with Crippen LogP contribution in [0.1, 0.15) is 39.0 Å². The van der Waals surface area contributed by atoms with Crippen molar-refractivity contribution in [1.82, 2.24) is 15.1 Å². The van der Waals surface area contributed by atoms with Crippen LogP contribution in [0.4, 0.5) is 11.6 Å². The van der Waals surface area contributed by atoms with E-state index in [1.54, 1.807) is 0 Å². The van der Waals surface area contributed by atoms with Crippen LogP contribution < -0.4 is 9.80 Å². The highest BCUT2D eigenvalue weighted by Gasteiger charge is 2.21. The molecule has 0 aromatic carbocycles. The van der Waals surface area contributed by atoms with Gasteiger partial charge in [-0.15, -0.1) is 10.2 Å². The van der Waals surface area contributed by atoms with Gasteiger partial charge in [0.1, 0.15) is 0 Å². The smallest absolute Gasteiger partial charge is 0.222 e. The number of amides is 1. The first-order valence-electron chi connectivity index (χ1n) is 8.89. The summed E-state index contributed by atoms with van der Waals surface area (Å²) in [7, 11) is 0. The lowest BCUT2D eigenvalue weighted by Gasteiger charge is -2.35. The highest BCUT2D eigenvalue weighted by molar-refractivity contribution is 5.76. The second kappa shape index (κ2) is 7.62. The van der Waals surface area contributed by atoms with Crippen LogP contribution in [0, 0.1) is 0 Å². The molecule has 23 heavy (non-hydrogen) atoms. The maximum atomic E-state index is 11.7. The van der Waals surface area contributed by atoms with E-state index in [0.717, 1.165) is 50.9 Å². The average Bonchev–Trinajstić information content (AvgIpc) is 2.91. The molecule has 1 aromatic rings. The van der Waals surface area contributed by atoms with Gasteiger partial charge < -0.3 is 14.7 Å². The fourth-order valence-electron chi connectivity index (χ4n) is 3.36. The van der Waals surface area contributed by atoms with Crippen LogP contribution in [-0.4, -0.2) is 60.3 Å². The fourth-order valence-corrected chi connectivity index (χ4v) is 3.36. The van der Waals surface area contributed by atoms with Crippen molar-refractivity contribution in [3.8, 4) is 0 Å². The molecular weight excluding hydrogens is 290 g/mol. The molecule has 2 aliphatic rings. The summed E-state index contributed by atoms with van der Waals surface area (Å²) in [5, 5.41) is 8.87. The Morgan fingerprint density at radius 1 is 0.870 bits per heavy atom. The van der Waals surface area contributed by atoms with E-state index in [-0.39, 0.29) is 5.91 Å². The molecule has 2 fully saturated rings. The first-order valence-corrected chi connectivity index (χ1v) is 8.89. The van der Waals surface area contributed by atoms with Gasteiger partial charge in [0.2, 0.25) is 5.91 Å². The topological polar surface area (TPSA) is 52.6 Å². The van der Waals surface area contributed by atoms with Gasteiger partial charge in [-0.25, -0.2) is 0 Å². The summed E-state index contributed by atoms with van der Waals surface area (Å²) >= 11 is 0. The van der Waals surface area contributed by atoms with Crippen molar-refractivity contribution in [2.24, 2.45) is 0 Å². The largest absolute Gasteiger partial charge is 0.355 e. The van der Waals surface area contributed by atoms with E-state index in [1.165, 1.54) is 25.7 Å². The molecule has 0 spiro atoms. The summed E-state index contributed by atoms with van der Waals surface area (Å²) in [6, 6.07) is 4.17. The van der Waals surface area contributed by atoms with Gasteiger partial charge in [0.05, 0.1) is 0 Å². The molecule has 3 heterocycles. The van der Waals surface area contributed by atoms with Crippen LogP contribution in [0.25, 0.3) is 0 Å². The number of anilines is 2. The molecule has 0 saturated carbocycles. The Bertz CT molecular complexity index is 502. The number of carbonyl (C=O) groups is 1. The SMILES string of the molecule is CCC(=O)N1CCN(c2ccc(N3CCCCCC3)nn2)CC1. The minimum atomic E-state index is 0.243. The zero-order chi connectivity index (χ0) is 16.1. The lowest BCUT2D eigenvalue weighted by Crippen LogP contribution is -2.48. The Morgan fingerprint density at radius 2 is 1.39 bits per heavy atom. The van der Waals surface area contributed by atoms with E-state index in [1.807, 2.05) is 11.8 Å². The van der Waals surface area contributed by atoms with Gasteiger partial charge in [-0.05, 0) is 25.0 Å². The number of rotatable bonds is 3. The minimum absolute atomic E-state index is 0.243. The Morgan fingerprint density at radius 3 is 1.87 bits per heavy atom. The summed E-state index contributed by atoms with van der Waals surface area (Å²) in [5.41, 5.74) is 0. The number of piperazine rings is 1. The van der Waals surface area contributed by atoms with Crippen molar-refractivity contribution in [3.05, 3.63) is 12.1 Å². The fraction of sp³-hybridized carbons (Fsp3) is 0.706. The molecule has 0 unspecified atom stereocenters. The molecule has 1 amide bonds. The van der Waals surface area contributed by atoms with E-state index in [9.17, 15) is 4.79 Å². The summed E-state index contributed by atoms with van der Waals surface area (Å²) in [6.07, 6.45) is 5.73. The van der Waals surface area contributed by atoms with Gasteiger partial charge in [0, 0.05) is 45.7 Å². The lowest BCUT2D eigenvalue weighted by atomic mass is 10.2. The summed E-state index contributed by atoms with van der Waals surface area (Å²) < 4.78 is 0. The van der Waals surface area contributed by atoms with Crippen LogP contribution in [0.3, 0.4) is 0 Å². The quantitative estimate of drug-likeness (QED) is 0.852. The summed E-state index contributed by atoms with van der Waals surface area (Å²) in [4.78, 5) is 18.2. The first kappa shape index (κ1) is 16.0. The van der Waals surface area contributed by atoms with Crippen molar-refractivity contribution in [2.45, 2.75) is 39.0 Å². The van der Waals surface area contributed by atoms with Crippen LogP contribution in [0.15, 0.2) is 12.1 Å². The van der Waals surface area contributed by atoms with E-state index in [0.29, 0.717) is 6.42 Å². The van der Waals surface area contributed by atoms with Crippen molar-refractivity contribution in [1.29, 1.82) is 0 Å². The number of carbonyl (C=O) groups excluding carboxylic acids is 1. The third kappa shape index (κ3) is 3.92. The number of hydrogen-bond donors (Lipinski definition) is 0. The Balaban J connectivity index is 1.58. The molecule has 6 nitrogen and oxygen atoms in total. The standard InChI is InChI=1S/C17H27N5O/c1-2-17(23)22-13-11-21(12-14-22)16-8-7-15(18-19-16)20-9-5-3-4-6-10-20/h7-8H,2-6,9-14H2,1H3. The molecule has 2 aliphatic heterocycles. The van der Waals surface area contributed by atoms with Gasteiger partial charge in [-0.3, -0.25) is 4.79 Å². The van der Waals surface area contributed by atoms with E-state index >= 15 is 0 Å².